The largest absolute Gasteiger partial charge is 0.390 e. The quantitative estimate of drug-likeness (QED) is 0.447. The van der Waals surface area contributed by atoms with Crippen molar-refractivity contribution in [3.8, 4) is 0 Å². The molecule has 0 aromatic heterocycles. The summed E-state index contributed by atoms with van der Waals surface area (Å²) in [4.78, 5) is 35.5. The Balaban J connectivity index is 1.36. The molecule has 2 amide bonds. The van der Waals surface area contributed by atoms with Crippen molar-refractivity contribution in [3.05, 3.63) is 64.7 Å². The van der Waals surface area contributed by atoms with Gasteiger partial charge in [-0.15, -0.1) is 0 Å². The molecule has 5 rings (SSSR count). The van der Waals surface area contributed by atoms with E-state index in [1.54, 1.807) is 0 Å². The van der Waals surface area contributed by atoms with Gasteiger partial charge in [0.25, 0.3) is 5.91 Å². The van der Waals surface area contributed by atoms with Gasteiger partial charge in [-0.1, -0.05) is 29.8 Å². The van der Waals surface area contributed by atoms with Crippen molar-refractivity contribution in [3.63, 3.8) is 0 Å². The van der Waals surface area contributed by atoms with Crippen LogP contribution in [0.5, 0.6) is 0 Å². The number of rotatable bonds is 7. The fraction of sp³-hybridized carbons (Fsp3) is 0.571. The molecule has 3 aliphatic rings. The Morgan fingerprint density at radius 3 is 2.29 bits per heavy atom. The minimum absolute atomic E-state index is 0.0402. The predicted molar refractivity (Wildman–Crippen MR) is 169 cm³/mol. The van der Waals surface area contributed by atoms with Gasteiger partial charge in [0.2, 0.25) is 5.91 Å². The maximum Gasteiger partial charge on any atom is 0.278 e. The third-order valence-electron chi connectivity index (χ3n) is 9.42. The van der Waals surface area contributed by atoms with Gasteiger partial charge in [0.15, 0.2) is 0 Å². The van der Waals surface area contributed by atoms with Crippen molar-refractivity contribution in [2.45, 2.75) is 104 Å². The number of amidine groups is 1. The Morgan fingerprint density at radius 1 is 1.00 bits per heavy atom. The number of anilines is 1. The van der Waals surface area contributed by atoms with Gasteiger partial charge in [-0.3, -0.25) is 14.5 Å². The molecule has 7 heteroatoms. The molecule has 2 heterocycles. The minimum atomic E-state index is -0.625. The van der Waals surface area contributed by atoms with Gasteiger partial charge in [-0.25, -0.2) is 0 Å². The normalized spacial score (nSPS) is 22.9. The number of fused-ring (bicyclic) bond motifs is 1. The predicted octanol–water partition coefficient (Wildman–Crippen LogP) is 5.66. The second-order valence-electron chi connectivity index (χ2n) is 13.6. The highest BCUT2D eigenvalue weighted by molar-refractivity contribution is 6.12. The highest BCUT2D eigenvalue weighted by Crippen LogP contribution is 2.38. The molecule has 2 aromatic carbocycles. The average molecular weight is 573 g/mol. The molecular weight excluding hydrogens is 524 g/mol. The van der Waals surface area contributed by atoms with Crippen molar-refractivity contribution < 1.29 is 14.7 Å². The third-order valence-corrected chi connectivity index (χ3v) is 9.42. The highest BCUT2D eigenvalue weighted by Gasteiger charge is 2.37. The molecule has 226 valence electrons. The van der Waals surface area contributed by atoms with Gasteiger partial charge in [0.1, 0.15) is 5.84 Å². The topological polar surface area (TPSA) is 85.2 Å². The van der Waals surface area contributed by atoms with Crippen LogP contribution in [0, 0.1) is 18.8 Å². The molecule has 2 N–H and O–H groups in total. The molecular formula is C35H48N4O3. The second kappa shape index (κ2) is 12.7. The van der Waals surface area contributed by atoms with E-state index < -0.39 is 5.60 Å². The number of hydrogen-bond acceptors (Lipinski definition) is 4. The van der Waals surface area contributed by atoms with E-state index in [0.717, 1.165) is 75.2 Å². The summed E-state index contributed by atoms with van der Waals surface area (Å²) in [6.45, 7) is 12.7. The summed E-state index contributed by atoms with van der Waals surface area (Å²) in [5, 5.41) is 13.5. The number of aliphatic imine (C=N–C) groups is 1. The Labute approximate surface area is 251 Å². The van der Waals surface area contributed by atoms with Crippen LogP contribution in [0.2, 0.25) is 0 Å². The summed E-state index contributed by atoms with van der Waals surface area (Å²) in [6, 6.07) is 14.7. The van der Waals surface area contributed by atoms with Crippen LogP contribution in [0.1, 0.15) is 93.3 Å². The van der Waals surface area contributed by atoms with E-state index in [4.69, 9.17) is 4.99 Å². The van der Waals surface area contributed by atoms with E-state index in [2.05, 4.69) is 33.3 Å². The SMILES string of the molecule is Cc1ccc(C(=O)N=C2Cc3ccc(CN4CCC(C(C)(C)O)CC4)cc3N2C2CCC(C(=O)NC(C)C)CC2)cc1. The minimum Gasteiger partial charge on any atom is -0.390 e. The lowest BCUT2D eigenvalue weighted by atomic mass is 9.83. The first kappa shape index (κ1) is 30.4. The van der Waals surface area contributed by atoms with E-state index in [0.29, 0.717) is 17.9 Å². The number of piperidine rings is 1. The summed E-state index contributed by atoms with van der Waals surface area (Å²) in [7, 11) is 0. The fourth-order valence-corrected chi connectivity index (χ4v) is 6.91. The summed E-state index contributed by atoms with van der Waals surface area (Å²) >= 11 is 0. The molecule has 2 fully saturated rings. The first-order valence-electron chi connectivity index (χ1n) is 15.8. The van der Waals surface area contributed by atoms with E-state index in [9.17, 15) is 14.7 Å². The summed E-state index contributed by atoms with van der Waals surface area (Å²) in [6.07, 6.45) is 6.11. The Hall–Kier alpha value is -3.03. The Bertz CT molecular complexity index is 1290. The molecule has 7 nitrogen and oxygen atoms in total. The van der Waals surface area contributed by atoms with Gasteiger partial charge in [-0.05, 0) is 121 Å². The van der Waals surface area contributed by atoms with Crippen molar-refractivity contribution in [1.82, 2.24) is 10.2 Å². The van der Waals surface area contributed by atoms with Crippen LogP contribution in [0.4, 0.5) is 5.69 Å². The molecule has 2 aromatic rings. The summed E-state index contributed by atoms with van der Waals surface area (Å²) < 4.78 is 0. The zero-order valence-electron chi connectivity index (χ0n) is 26.0. The molecule has 0 radical (unpaired) electrons. The molecule has 42 heavy (non-hydrogen) atoms. The Morgan fingerprint density at radius 2 is 1.67 bits per heavy atom. The molecule has 0 spiro atoms. The van der Waals surface area contributed by atoms with E-state index in [-0.39, 0.29) is 29.8 Å². The van der Waals surface area contributed by atoms with Crippen LogP contribution in [0.25, 0.3) is 0 Å². The van der Waals surface area contributed by atoms with Crippen LogP contribution in [-0.4, -0.2) is 58.4 Å². The molecule has 2 aliphatic heterocycles. The number of hydrogen-bond donors (Lipinski definition) is 2. The first-order chi connectivity index (χ1) is 20.0. The van der Waals surface area contributed by atoms with Crippen LogP contribution >= 0.6 is 0 Å². The van der Waals surface area contributed by atoms with Crippen LogP contribution in [0.15, 0.2) is 47.5 Å². The smallest absolute Gasteiger partial charge is 0.278 e. The molecule has 1 saturated carbocycles. The average Bonchev–Trinajstić information content (AvgIpc) is 3.30. The first-order valence-corrected chi connectivity index (χ1v) is 15.8. The van der Waals surface area contributed by atoms with Crippen molar-refractivity contribution in [1.29, 1.82) is 0 Å². The third kappa shape index (κ3) is 7.12. The maximum atomic E-state index is 13.3. The van der Waals surface area contributed by atoms with E-state index in [1.807, 2.05) is 58.9 Å². The zero-order chi connectivity index (χ0) is 30.0. The van der Waals surface area contributed by atoms with Gasteiger partial charge in [-0.2, -0.15) is 4.99 Å². The van der Waals surface area contributed by atoms with Crippen molar-refractivity contribution in [2.24, 2.45) is 16.8 Å². The van der Waals surface area contributed by atoms with Gasteiger partial charge < -0.3 is 15.3 Å². The van der Waals surface area contributed by atoms with Crippen LogP contribution in [-0.2, 0) is 17.8 Å². The standard InChI is InChI=1S/C35H48N4O3/c1-23(2)36-33(40)27-12-14-30(15-13-27)39-31-20-25(22-38-18-16-29(17-19-38)35(4,5)42)8-11-28(31)21-32(39)37-34(41)26-9-6-24(3)7-10-26/h6-11,20,23,27,29-30,42H,12-19,21-22H2,1-5H3,(H,36,40). The number of likely N-dealkylation sites (tertiary alicyclic amines) is 1. The fourth-order valence-electron chi connectivity index (χ4n) is 6.91. The molecule has 0 unspecified atom stereocenters. The number of aryl methyl sites for hydroxylation is 1. The van der Waals surface area contributed by atoms with E-state index >= 15 is 0 Å². The lowest BCUT2D eigenvalue weighted by Crippen LogP contribution is -2.44. The number of nitrogens with one attached hydrogen (secondary N) is 1. The van der Waals surface area contributed by atoms with Crippen molar-refractivity contribution in [2.75, 3.05) is 18.0 Å². The Kier molecular flexibility index (Phi) is 9.19. The summed E-state index contributed by atoms with van der Waals surface area (Å²) in [5.74, 6) is 1.14. The molecule has 1 aliphatic carbocycles. The van der Waals surface area contributed by atoms with Gasteiger partial charge >= 0.3 is 0 Å². The van der Waals surface area contributed by atoms with Gasteiger partial charge in [0, 0.05) is 42.2 Å². The monoisotopic (exact) mass is 572 g/mol. The van der Waals surface area contributed by atoms with E-state index in [1.165, 1.54) is 11.1 Å². The lowest BCUT2D eigenvalue weighted by Gasteiger charge is -2.38. The van der Waals surface area contributed by atoms with Crippen LogP contribution < -0.4 is 10.2 Å². The number of aliphatic hydroxyl groups is 1. The number of carbonyl (C=O) groups excluding carboxylic acids is 2. The highest BCUT2D eigenvalue weighted by atomic mass is 16.3. The maximum absolute atomic E-state index is 13.3. The summed E-state index contributed by atoms with van der Waals surface area (Å²) in [5.41, 5.74) is 4.72. The van der Waals surface area contributed by atoms with Crippen molar-refractivity contribution >= 4 is 23.3 Å². The molecule has 0 atom stereocenters. The molecule has 0 bridgehead atoms. The number of benzene rings is 2. The van der Waals surface area contributed by atoms with Gasteiger partial charge in [0.05, 0.1) is 5.60 Å². The second-order valence-corrected chi connectivity index (χ2v) is 13.6. The number of nitrogens with zero attached hydrogens (tertiary/aromatic N) is 3. The van der Waals surface area contributed by atoms with Crippen LogP contribution in [0.3, 0.4) is 0 Å². The number of carbonyl (C=O) groups is 2. The number of amides is 2. The lowest BCUT2D eigenvalue weighted by molar-refractivity contribution is -0.126. The zero-order valence-corrected chi connectivity index (χ0v) is 26.0. The molecule has 1 saturated heterocycles.